The number of hydrogen-bond donors (Lipinski definition) is 1. The lowest BCUT2D eigenvalue weighted by Crippen LogP contribution is -2.25. The van der Waals surface area contributed by atoms with E-state index in [2.05, 4.69) is 24.1 Å². The van der Waals surface area contributed by atoms with Gasteiger partial charge in [-0.25, -0.2) is 4.98 Å². The number of hydrogen-bond acceptors (Lipinski definition) is 4. The summed E-state index contributed by atoms with van der Waals surface area (Å²) in [5.74, 6) is 0.764. The van der Waals surface area contributed by atoms with Crippen LogP contribution in [0.15, 0.2) is 18.3 Å². The van der Waals surface area contributed by atoms with Crippen LogP contribution in [0.1, 0.15) is 27.2 Å². The Kier molecular flexibility index (Phi) is 4.22. The molecular weight excluding hydrogens is 206 g/mol. The minimum atomic E-state index is -0.414. The molecule has 0 saturated heterocycles. The van der Waals surface area contributed by atoms with Crippen LogP contribution >= 0.6 is 0 Å². The van der Waals surface area contributed by atoms with Gasteiger partial charge >= 0.3 is 5.69 Å². The Morgan fingerprint density at radius 3 is 2.75 bits per heavy atom. The number of rotatable bonds is 5. The zero-order valence-corrected chi connectivity index (χ0v) is 9.80. The fourth-order valence-corrected chi connectivity index (χ4v) is 1.57. The van der Waals surface area contributed by atoms with Gasteiger partial charge < -0.3 is 5.32 Å². The first-order valence-corrected chi connectivity index (χ1v) is 5.42. The topological polar surface area (TPSA) is 68.1 Å². The molecule has 0 aliphatic heterocycles. The van der Waals surface area contributed by atoms with E-state index in [1.807, 2.05) is 6.92 Å². The van der Waals surface area contributed by atoms with Crippen molar-refractivity contribution in [1.82, 2.24) is 4.98 Å². The molecule has 0 radical (unpaired) electrons. The number of nitro groups is 1. The Balaban J connectivity index is 2.91. The average molecular weight is 223 g/mol. The highest BCUT2D eigenvalue weighted by Gasteiger charge is 2.18. The minimum Gasteiger partial charge on any atom is -0.361 e. The number of anilines is 1. The minimum absolute atomic E-state index is 0.0293. The van der Waals surface area contributed by atoms with Gasteiger partial charge in [0, 0.05) is 18.3 Å². The van der Waals surface area contributed by atoms with Gasteiger partial charge in [0.05, 0.1) is 4.92 Å². The van der Waals surface area contributed by atoms with Crippen molar-refractivity contribution in [3.8, 4) is 0 Å². The zero-order chi connectivity index (χ0) is 12.1. The fourth-order valence-electron chi connectivity index (χ4n) is 1.57. The molecule has 1 aromatic heterocycles. The van der Waals surface area contributed by atoms with E-state index in [1.165, 1.54) is 6.07 Å². The van der Waals surface area contributed by atoms with Crippen LogP contribution in [0.3, 0.4) is 0 Å². The Labute approximate surface area is 95.0 Å². The molecule has 88 valence electrons. The van der Waals surface area contributed by atoms with Crippen LogP contribution in [-0.2, 0) is 0 Å². The van der Waals surface area contributed by atoms with Crippen molar-refractivity contribution in [3.63, 3.8) is 0 Å². The lowest BCUT2D eigenvalue weighted by atomic mass is 10.0. The molecule has 1 rings (SSSR count). The maximum Gasteiger partial charge on any atom is 0.311 e. The summed E-state index contributed by atoms with van der Waals surface area (Å²) in [7, 11) is 0. The maximum atomic E-state index is 10.8. The standard InChI is InChI=1S/C11H17N3O2/c1-4-9(8(2)3)13-11-10(14(15)16)6-5-7-12-11/h5-9H,4H2,1-3H3,(H,12,13). The third-order valence-corrected chi connectivity index (χ3v) is 2.55. The Morgan fingerprint density at radius 1 is 1.56 bits per heavy atom. The SMILES string of the molecule is CCC(Nc1ncccc1[N+](=O)[O-])C(C)C. The summed E-state index contributed by atoms with van der Waals surface area (Å²) in [6.07, 6.45) is 2.47. The molecule has 0 amide bonds. The van der Waals surface area contributed by atoms with E-state index in [0.717, 1.165) is 6.42 Å². The molecule has 1 atom stereocenters. The smallest absolute Gasteiger partial charge is 0.311 e. The molecule has 0 fully saturated rings. The van der Waals surface area contributed by atoms with Crippen LogP contribution in [-0.4, -0.2) is 15.9 Å². The Hall–Kier alpha value is -1.65. The quantitative estimate of drug-likeness (QED) is 0.615. The van der Waals surface area contributed by atoms with Gasteiger partial charge in [0.15, 0.2) is 0 Å². The third-order valence-electron chi connectivity index (χ3n) is 2.55. The van der Waals surface area contributed by atoms with Gasteiger partial charge in [-0.1, -0.05) is 20.8 Å². The van der Waals surface area contributed by atoms with Crippen LogP contribution < -0.4 is 5.32 Å². The molecule has 16 heavy (non-hydrogen) atoms. The summed E-state index contributed by atoms with van der Waals surface area (Å²) in [6.45, 7) is 6.21. The van der Waals surface area contributed by atoms with Crippen molar-refractivity contribution in [2.75, 3.05) is 5.32 Å². The number of pyridine rings is 1. The van der Waals surface area contributed by atoms with Crippen molar-refractivity contribution in [1.29, 1.82) is 0 Å². The first-order chi connectivity index (χ1) is 7.56. The second-order valence-corrected chi connectivity index (χ2v) is 4.03. The summed E-state index contributed by atoms with van der Waals surface area (Å²) in [5, 5.41) is 13.9. The van der Waals surface area contributed by atoms with Crippen molar-refractivity contribution in [3.05, 3.63) is 28.4 Å². The predicted octanol–water partition coefficient (Wildman–Crippen LogP) is 2.84. The van der Waals surface area contributed by atoms with Crippen molar-refractivity contribution >= 4 is 11.5 Å². The van der Waals surface area contributed by atoms with Gasteiger partial charge in [-0.2, -0.15) is 0 Å². The summed E-state index contributed by atoms with van der Waals surface area (Å²) in [5.41, 5.74) is 0.0293. The summed E-state index contributed by atoms with van der Waals surface area (Å²) >= 11 is 0. The van der Waals surface area contributed by atoms with Crippen LogP contribution in [0.2, 0.25) is 0 Å². The molecule has 0 spiro atoms. The molecule has 0 bridgehead atoms. The molecule has 1 aromatic rings. The summed E-state index contributed by atoms with van der Waals surface area (Å²) < 4.78 is 0. The van der Waals surface area contributed by atoms with Gasteiger partial charge in [-0.3, -0.25) is 10.1 Å². The monoisotopic (exact) mass is 223 g/mol. The molecule has 5 nitrogen and oxygen atoms in total. The van der Waals surface area contributed by atoms with Gasteiger partial charge in [0.1, 0.15) is 0 Å². The van der Waals surface area contributed by atoms with Gasteiger partial charge in [-0.15, -0.1) is 0 Å². The molecule has 5 heteroatoms. The predicted molar refractivity (Wildman–Crippen MR) is 63.4 cm³/mol. The lowest BCUT2D eigenvalue weighted by molar-refractivity contribution is -0.384. The summed E-state index contributed by atoms with van der Waals surface area (Å²) in [4.78, 5) is 14.4. The maximum absolute atomic E-state index is 10.8. The lowest BCUT2D eigenvalue weighted by Gasteiger charge is -2.20. The number of aromatic nitrogens is 1. The van der Waals surface area contributed by atoms with Crippen LogP contribution in [0.25, 0.3) is 0 Å². The molecular formula is C11H17N3O2. The molecule has 0 aromatic carbocycles. The first-order valence-electron chi connectivity index (χ1n) is 5.42. The number of nitrogens with zero attached hydrogens (tertiary/aromatic N) is 2. The molecule has 1 heterocycles. The van der Waals surface area contributed by atoms with E-state index in [-0.39, 0.29) is 11.7 Å². The summed E-state index contributed by atoms with van der Waals surface area (Å²) in [6, 6.07) is 3.23. The van der Waals surface area contributed by atoms with Crippen LogP contribution in [0, 0.1) is 16.0 Å². The van der Waals surface area contributed by atoms with Gasteiger partial charge in [0.25, 0.3) is 0 Å². The van der Waals surface area contributed by atoms with E-state index in [0.29, 0.717) is 11.7 Å². The van der Waals surface area contributed by atoms with Crippen LogP contribution in [0.5, 0.6) is 0 Å². The van der Waals surface area contributed by atoms with Crippen molar-refractivity contribution in [2.24, 2.45) is 5.92 Å². The molecule has 1 unspecified atom stereocenters. The van der Waals surface area contributed by atoms with Gasteiger partial charge in [-0.05, 0) is 18.4 Å². The van der Waals surface area contributed by atoms with E-state index in [4.69, 9.17) is 0 Å². The van der Waals surface area contributed by atoms with Crippen molar-refractivity contribution < 1.29 is 4.92 Å². The third kappa shape index (κ3) is 2.92. The largest absolute Gasteiger partial charge is 0.361 e. The molecule has 1 N–H and O–H groups in total. The second kappa shape index (κ2) is 5.44. The number of nitrogens with one attached hydrogen (secondary N) is 1. The second-order valence-electron chi connectivity index (χ2n) is 4.03. The highest BCUT2D eigenvalue weighted by Crippen LogP contribution is 2.23. The Bertz CT molecular complexity index is 366. The zero-order valence-electron chi connectivity index (χ0n) is 9.80. The van der Waals surface area contributed by atoms with E-state index < -0.39 is 4.92 Å². The average Bonchev–Trinajstić information content (AvgIpc) is 2.25. The fraction of sp³-hybridized carbons (Fsp3) is 0.545. The van der Waals surface area contributed by atoms with Crippen LogP contribution in [0.4, 0.5) is 11.5 Å². The highest BCUT2D eigenvalue weighted by molar-refractivity contribution is 5.55. The highest BCUT2D eigenvalue weighted by atomic mass is 16.6. The normalized spacial score (nSPS) is 12.5. The van der Waals surface area contributed by atoms with E-state index >= 15 is 0 Å². The Morgan fingerprint density at radius 2 is 2.25 bits per heavy atom. The molecule has 0 saturated carbocycles. The molecule has 0 aliphatic rings. The van der Waals surface area contributed by atoms with E-state index in [1.54, 1.807) is 12.3 Å². The van der Waals surface area contributed by atoms with Crippen molar-refractivity contribution in [2.45, 2.75) is 33.2 Å². The molecule has 0 aliphatic carbocycles. The first kappa shape index (κ1) is 12.4. The van der Waals surface area contributed by atoms with Gasteiger partial charge in [0.2, 0.25) is 5.82 Å². The van der Waals surface area contributed by atoms with E-state index in [9.17, 15) is 10.1 Å².